The Labute approximate surface area is 138 Å². The van der Waals surface area contributed by atoms with Crippen LogP contribution in [0.5, 0.6) is 0 Å². The molecule has 1 saturated heterocycles. The highest BCUT2D eigenvalue weighted by molar-refractivity contribution is 5.96. The van der Waals surface area contributed by atoms with Crippen molar-refractivity contribution in [1.29, 1.82) is 0 Å². The highest BCUT2D eigenvalue weighted by atomic mass is 19.1. The molecular weight excluding hydrogens is 311 g/mol. The van der Waals surface area contributed by atoms with Crippen molar-refractivity contribution in [3.8, 4) is 0 Å². The molecule has 6 nitrogen and oxygen atoms in total. The van der Waals surface area contributed by atoms with Crippen LogP contribution in [0.3, 0.4) is 0 Å². The Hall–Kier alpha value is -2.96. The van der Waals surface area contributed by atoms with Gasteiger partial charge in [0.05, 0.1) is 18.3 Å². The lowest BCUT2D eigenvalue weighted by Gasteiger charge is -2.17. The molecule has 1 aliphatic rings. The van der Waals surface area contributed by atoms with E-state index < -0.39 is 0 Å². The van der Waals surface area contributed by atoms with Gasteiger partial charge in [0.2, 0.25) is 5.91 Å². The SMILES string of the molecule is O=C(NCc1ccccn1)N[C@H]1CC(=O)N(c2ccc(F)cc2)C1. The van der Waals surface area contributed by atoms with Crippen LogP contribution in [0.15, 0.2) is 48.7 Å². The van der Waals surface area contributed by atoms with Crippen molar-refractivity contribution in [1.82, 2.24) is 15.6 Å². The molecule has 2 N–H and O–H groups in total. The highest BCUT2D eigenvalue weighted by Gasteiger charge is 2.31. The maximum atomic E-state index is 13.0. The van der Waals surface area contributed by atoms with Gasteiger partial charge in [-0.05, 0) is 36.4 Å². The van der Waals surface area contributed by atoms with Gasteiger partial charge in [-0.1, -0.05) is 6.07 Å². The molecule has 7 heteroatoms. The van der Waals surface area contributed by atoms with E-state index in [-0.39, 0.29) is 30.2 Å². The van der Waals surface area contributed by atoms with Crippen LogP contribution in [0.25, 0.3) is 0 Å². The van der Waals surface area contributed by atoms with Gasteiger partial charge in [-0.15, -0.1) is 0 Å². The largest absolute Gasteiger partial charge is 0.333 e. The molecule has 1 aliphatic heterocycles. The van der Waals surface area contributed by atoms with Crippen LogP contribution in [0.1, 0.15) is 12.1 Å². The molecule has 0 spiro atoms. The predicted molar refractivity (Wildman–Crippen MR) is 86.8 cm³/mol. The standard InChI is InChI=1S/C17H17FN4O2/c18-12-4-6-15(7-5-12)22-11-14(9-16(22)23)21-17(24)20-10-13-3-1-2-8-19-13/h1-8,14H,9-11H2,(H2,20,21,24)/t14-/m0/s1. The number of aromatic nitrogens is 1. The van der Waals surface area contributed by atoms with E-state index in [0.717, 1.165) is 5.69 Å². The average molecular weight is 328 g/mol. The number of carbonyl (C=O) groups excluding carboxylic acids is 2. The molecule has 2 aromatic rings. The minimum Gasteiger partial charge on any atom is -0.333 e. The maximum Gasteiger partial charge on any atom is 0.315 e. The van der Waals surface area contributed by atoms with Crippen molar-refractivity contribution in [3.05, 3.63) is 60.2 Å². The molecule has 0 unspecified atom stereocenters. The number of urea groups is 1. The van der Waals surface area contributed by atoms with Gasteiger partial charge in [-0.3, -0.25) is 9.78 Å². The van der Waals surface area contributed by atoms with Crippen molar-refractivity contribution >= 4 is 17.6 Å². The van der Waals surface area contributed by atoms with Gasteiger partial charge >= 0.3 is 6.03 Å². The number of amides is 3. The van der Waals surface area contributed by atoms with Crippen LogP contribution >= 0.6 is 0 Å². The lowest BCUT2D eigenvalue weighted by molar-refractivity contribution is -0.117. The normalized spacial score (nSPS) is 17.0. The van der Waals surface area contributed by atoms with Crippen molar-refractivity contribution in [2.45, 2.75) is 19.0 Å². The average Bonchev–Trinajstić information content (AvgIpc) is 2.95. The molecule has 0 radical (unpaired) electrons. The summed E-state index contributed by atoms with van der Waals surface area (Å²) in [5.74, 6) is -0.453. The fraction of sp³-hybridized carbons (Fsp3) is 0.235. The summed E-state index contributed by atoms with van der Waals surface area (Å²) < 4.78 is 13.0. The summed E-state index contributed by atoms with van der Waals surface area (Å²) in [7, 11) is 0. The Kier molecular flexibility index (Phi) is 4.69. The molecule has 24 heavy (non-hydrogen) atoms. The zero-order chi connectivity index (χ0) is 16.9. The van der Waals surface area contributed by atoms with Crippen molar-refractivity contribution < 1.29 is 14.0 Å². The van der Waals surface area contributed by atoms with Crippen LogP contribution in [0, 0.1) is 5.82 Å². The van der Waals surface area contributed by atoms with E-state index >= 15 is 0 Å². The zero-order valence-corrected chi connectivity index (χ0v) is 12.9. The molecule has 1 aromatic carbocycles. The van der Waals surface area contributed by atoms with Gasteiger partial charge in [0.25, 0.3) is 0 Å². The van der Waals surface area contributed by atoms with Crippen molar-refractivity contribution in [3.63, 3.8) is 0 Å². The van der Waals surface area contributed by atoms with E-state index in [2.05, 4.69) is 15.6 Å². The molecule has 1 aromatic heterocycles. The first kappa shape index (κ1) is 15.9. The van der Waals surface area contributed by atoms with E-state index in [0.29, 0.717) is 18.8 Å². The summed E-state index contributed by atoms with van der Waals surface area (Å²) in [5.41, 5.74) is 1.38. The number of pyridine rings is 1. The fourth-order valence-electron chi connectivity index (χ4n) is 2.58. The molecule has 0 saturated carbocycles. The van der Waals surface area contributed by atoms with Crippen LogP contribution < -0.4 is 15.5 Å². The summed E-state index contributed by atoms with van der Waals surface area (Å²) in [6, 6.07) is 10.6. The first-order valence-corrected chi connectivity index (χ1v) is 7.62. The lowest BCUT2D eigenvalue weighted by atomic mass is 10.2. The number of carbonyl (C=O) groups is 2. The van der Waals surface area contributed by atoms with Gasteiger partial charge in [-0.25, -0.2) is 9.18 Å². The molecule has 3 amide bonds. The van der Waals surface area contributed by atoms with Gasteiger partial charge in [0, 0.05) is 24.8 Å². The van der Waals surface area contributed by atoms with Crippen molar-refractivity contribution in [2.24, 2.45) is 0 Å². The smallest absolute Gasteiger partial charge is 0.315 e. The van der Waals surface area contributed by atoms with E-state index in [1.165, 1.54) is 12.1 Å². The minimum atomic E-state index is -0.353. The second-order valence-electron chi connectivity index (χ2n) is 5.53. The number of halogens is 1. The second-order valence-corrected chi connectivity index (χ2v) is 5.53. The molecule has 1 atom stereocenters. The first-order chi connectivity index (χ1) is 11.6. The molecule has 124 valence electrons. The van der Waals surface area contributed by atoms with E-state index in [1.807, 2.05) is 12.1 Å². The third kappa shape index (κ3) is 3.87. The van der Waals surface area contributed by atoms with Crippen LogP contribution in [0.4, 0.5) is 14.9 Å². The van der Waals surface area contributed by atoms with E-state index in [9.17, 15) is 14.0 Å². The van der Waals surface area contributed by atoms with Crippen LogP contribution in [-0.2, 0) is 11.3 Å². The van der Waals surface area contributed by atoms with Crippen LogP contribution in [-0.4, -0.2) is 29.5 Å². The number of hydrogen-bond acceptors (Lipinski definition) is 3. The summed E-state index contributed by atoms with van der Waals surface area (Å²) in [6.07, 6.45) is 1.87. The number of nitrogens with zero attached hydrogens (tertiary/aromatic N) is 2. The third-order valence-electron chi connectivity index (χ3n) is 3.75. The molecule has 2 heterocycles. The molecule has 0 bridgehead atoms. The summed E-state index contributed by atoms with van der Waals surface area (Å²) in [6.45, 7) is 0.677. The van der Waals surface area contributed by atoms with Crippen molar-refractivity contribution in [2.75, 3.05) is 11.4 Å². The quantitative estimate of drug-likeness (QED) is 0.899. The highest BCUT2D eigenvalue weighted by Crippen LogP contribution is 2.21. The van der Waals surface area contributed by atoms with E-state index in [4.69, 9.17) is 0 Å². The predicted octanol–water partition coefficient (Wildman–Crippen LogP) is 1.83. The van der Waals surface area contributed by atoms with Crippen LogP contribution in [0.2, 0.25) is 0 Å². The number of nitrogens with one attached hydrogen (secondary N) is 2. The Morgan fingerprint density at radius 2 is 2.04 bits per heavy atom. The van der Waals surface area contributed by atoms with Gasteiger partial charge in [0.15, 0.2) is 0 Å². The van der Waals surface area contributed by atoms with Gasteiger partial charge in [0.1, 0.15) is 5.82 Å². The van der Waals surface area contributed by atoms with E-state index in [1.54, 1.807) is 29.3 Å². The van der Waals surface area contributed by atoms with Gasteiger partial charge < -0.3 is 15.5 Å². The minimum absolute atomic E-state index is 0.100. The Balaban J connectivity index is 1.52. The number of hydrogen-bond donors (Lipinski definition) is 2. The summed E-state index contributed by atoms with van der Waals surface area (Å²) in [5, 5.41) is 5.49. The number of benzene rings is 1. The molecular formula is C17H17FN4O2. The number of rotatable bonds is 4. The Bertz CT molecular complexity index is 721. The summed E-state index contributed by atoms with van der Waals surface area (Å²) in [4.78, 5) is 29.7. The van der Waals surface area contributed by atoms with Gasteiger partial charge in [-0.2, -0.15) is 0 Å². The second kappa shape index (κ2) is 7.08. The number of anilines is 1. The third-order valence-corrected chi connectivity index (χ3v) is 3.75. The topological polar surface area (TPSA) is 74.3 Å². The Morgan fingerprint density at radius 3 is 2.75 bits per heavy atom. The maximum absolute atomic E-state index is 13.0. The monoisotopic (exact) mass is 328 g/mol. The molecule has 0 aliphatic carbocycles. The fourth-order valence-corrected chi connectivity index (χ4v) is 2.58. The molecule has 3 rings (SSSR count). The first-order valence-electron chi connectivity index (χ1n) is 7.62. The lowest BCUT2D eigenvalue weighted by Crippen LogP contribution is -2.43. The Morgan fingerprint density at radius 1 is 1.25 bits per heavy atom. The zero-order valence-electron chi connectivity index (χ0n) is 12.9. The summed E-state index contributed by atoms with van der Waals surface area (Å²) >= 11 is 0. The molecule has 1 fully saturated rings.